The molecule has 0 N–H and O–H groups in total. The summed E-state index contributed by atoms with van der Waals surface area (Å²) >= 11 is 0. The molecular weight excluding hydrogens is 269 g/mol. The average Bonchev–Trinajstić information content (AvgIpc) is 2.28. The second kappa shape index (κ2) is 4.96. The van der Waals surface area contributed by atoms with Gasteiger partial charge in [0.1, 0.15) is 6.54 Å². The smallest absolute Gasteiger partial charge is 0.207 e. The Morgan fingerprint density at radius 1 is 1.39 bits per heavy atom. The summed E-state index contributed by atoms with van der Waals surface area (Å²) < 4.78 is 61.6. The summed E-state index contributed by atoms with van der Waals surface area (Å²) in [6.07, 6.45) is -4.61. The Morgan fingerprint density at radius 3 is 2.50 bits per heavy atom. The molecule has 0 heterocycles. The van der Waals surface area contributed by atoms with E-state index in [0.29, 0.717) is 10.4 Å². The summed E-state index contributed by atoms with van der Waals surface area (Å²) in [4.78, 5) is -0.491. The molecular formula is C10H9F3N2O2S. The highest BCUT2D eigenvalue weighted by molar-refractivity contribution is 7.89. The third-order valence-corrected chi connectivity index (χ3v) is 3.96. The van der Waals surface area contributed by atoms with Crippen LogP contribution in [0.5, 0.6) is 0 Å². The van der Waals surface area contributed by atoms with E-state index in [9.17, 15) is 21.6 Å². The van der Waals surface area contributed by atoms with Crippen LogP contribution in [0.3, 0.4) is 0 Å². The molecule has 0 unspecified atom stereocenters. The molecule has 1 aromatic carbocycles. The SMILES string of the molecule is CN(CC#N)S(=O)(=O)c1cccc(C(F)(F)F)c1. The molecule has 8 heteroatoms. The Morgan fingerprint density at radius 2 is 2.00 bits per heavy atom. The van der Waals surface area contributed by atoms with Gasteiger partial charge in [-0.1, -0.05) is 6.07 Å². The topological polar surface area (TPSA) is 61.2 Å². The molecule has 0 aliphatic carbocycles. The third-order valence-electron chi connectivity index (χ3n) is 2.16. The zero-order valence-electron chi connectivity index (χ0n) is 9.27. The summed E-state index contributed by atoms with van der Waals surface area (Å²) in [5, 5.41) is 8.39. The van der Waals surface area contributed by atoms with Gasteiger partial charge in [0.05, 0.1) is 16.5 Å². The van der Waals surface area contributed by atoms with Gasteiger partial charge in [0.15, 0.2) is 0 Å². The van der Waals surface area contributed by atoms with Crippen LogP contribution in [-0.4, -0.2) is 26.3 Å². The highest BCUT2D eigenvalue weighted by atomic mass is 32.2. The zero-order chi connectivity index (χ0) is 14.0. The minimum absolute atomic E-state index is 0.432. The molecule has 0 radical (unpaired) electrons. The quantitative estimate of drug-likeness (QED) is 0.793. The third kappa shape index (κ3) is 3.00. The van der Waals surface area contributed by atoms with Crippen molar-refractivity contribution in [2.75, 3.05) is 13.6 Å². The average molecular weight is 278 g/mol. The second-order valence-electron chi connectivity index (χ2n) is 3.44. The van der Waals surface area contributed by atoms with E-state index < -0.39 is 33.2 Å². The molecule has 0 aliphatic heterocycles. The van der Waals surface area contributed by atoms with Crippen molar-refractivity contribution in [1.82, 2.24) is 4.31 Å². The van der Waals surface area contributed by atoms with Crippen molar-refractivity contribution in [3.8, 4) is 6.07 Å². The van der Waals surface area contributed by atoms with Crippen LogP contribution in [0.15, 0.2) is 29.2 Å². The van der Waals surface area contributed by atoms with Gasteiger partial charge in [-0.2, -0.15) is 22.7 Å². The molecule has 0 saturated carbocycles. The molecule has 0 bridgehead atoms. The molecule has 18 heavy (non-hydrogen) atoms. The molecule has 0 aromatic heterocycles. The molecule has 0 amide bonds. The minimum Gasteiger partial charge on any atom is -0.207 e. The predicted octanol–water partition coefficient (Wildman–Crippen LogP) is 1.85. The number of alkyl halides is 3. The highest BCUT2D eigenvalue weighted by Crippen LogP contribution is 2.30. The Hall–Kier alpha value is -1.59. The number of nitriles is 1. The lowest BCUT2D eigenvalue weighted by Gasteiger charge is -2.15. The molecule has 4 nitrogen and oxygen atoms in total. The lowest BCUT2D eigenvalue weighted by molar-refractivity contribution is -0.137. The summed E-state index contributed by atoms with van der Waals surface area (Å²) in [7, 11) is -2.95. The van der Waals surface area contributed by atoms with Crippen LogP contribution >= 0.6 is 0 Å². The van der Waals surface area contributed by atoms with Gasteiger partial charge in [0.25, 0.3) is 0 Å². The van der Waals surface area contributed by atoms with Crippen molar-refractivity contribution >= 4 is 10.0 Å². The Balaban J connectivity index is 3.24. The van der Waals surface area contributed by atoms with Crippen LogP contribution in [0.1, 0.15) is 5.56 Å². The van der Waals surface area contributed by atoms with E-state index in [1.807, 2.05) is 0 Å². The number of rotatable bonds is 3. The van der Waals surface area contributed by atoms with Crippen molar-refractivity contribution in [2.45, 2.75) is 11.1 Å². The summed E-state index contributed by atoms with van der Waals surface area (Å²) in [5.41, 5.74) is -1.05. The minimum atomic E-state index is -4.61. The maximum absolute atomic E-state index is 12.4. The standard InChI is InChI=1S/C10H9F3N2O2S/c1-15(6-5-14)18(16,17)9-4-2-3-8(7-9)10(11,12)13/h2-4,7H,6H2,1H3. The molecule has 0 aliphatic rings. The van der Waals surface area contributed by atoms with Gasteiger partial charge in [0, 0.05) is 7.05 Å². The number of benzene rings is 1. The zero-order valence-corrected chi connectivity index (χ0v) is 10.1. The number of halogens is 3. The second-order valence-corrected chi connectivity index (χ2v) is 5.49. The van der Waals surface area contributed by atoms with Crippen LogP contribution in [0.2, 0.25) is 0 Å². The predicted molar refractivity (Wildman–Crippen MR) is 56.9 cm³/mol. The van der Waals surface area contributed by atoms with Crippen LogP contribution in [0.25, 0.3) is 0 Å². The van der Waals surface area contributed by atoms with Crippen molar-refractivity contribution in [3.05, 3.63) is 29.8 Å². The molecule has 98 valence electrons. The highest BCUT2D eigenvalue weighted by Gasteiger charge is 2.32. The first-order valence-electron chi connectivity index (χ1n) is 4.70. The number of sulfonamides is 1. The van der Waals surface area contributed by atoms with Gasteiger partial charge in [-0.25, -0.2) is 8.42 Å². The van der Waals surface area contributed by atoms with Crippen LogP contribution in [0.4, 0.5) is 13.2 Å². The first-order chi connectivity index (χ1) is 8.19. The van der Waals surface area contributed by atoms with E-state index in [1.165, 1.54) is 0 Å². The lowest BCUT2D eigenvalue weighted by atomic mass is 10.2. The van der Waals surface area contributed by atoms with Crippen molar-refractivity contribution in [3.63, 3.8) is 0 Å². The van der Waals surface area contributed by atoms with E-state index in [4.69, 9.17) is 5.26 Å². The van der Waals surface area contributed by atoms with Gasteiger partial charge >= 0.3 is 6.18 Å². The first kappa shape index (κ1) is 14.5. The van der Waals surface area contributed by atoms with Gasteiger partial charge in [-0.3, -0.25) is 0 Å². The molecule has 0 saturated heterocycles. The van der Waals surface area contributed by atoms with E-state index in [2.05, 4.69) is 0 Å². The van der Waals surface area contributed by atoms with Gasteiger partial charge in [0.2, 0.25) is 10.0 Å². The molecule has 0 fully saturated rings. The van der Waals surface area contributed by atoms with Crippen molar-refractivity contribution in [2.24, 2.45) is 0 Å². The fourth-order valence-electron chi connectivity index (χ4n) is 1.20. The molecule has 0 atom stereocenters. The van der Waals surface area contributed by atoms with Gasteiger partial charge in [-0.15, -0.1) is 0 Å². The fraction of sp³-hybridized carbons (Fsp3) is 0.300. The van der Waals surface area contributed by atoms with E-state index >= 15 is 0 Å². The Labute approximate surface area is 102 Å². The maximum atomic E-state index is 12.4. The molecule has 0 spiro atoms. The summed E-state index contributed by atoms with van der Waals surface area (Å²) in [5.74, 6) is 0. The first-order valence-corrected chi connectivity index (χ1v) is 6.14. The van der Waals surface area contributed by atoms with Crippen LogP contribution in [0, 0.1) is 11.3 Å². The molecule has 1 rings (SSSR count). The Bertz CT molecular complexity index is 576. The normalized spacial score (nSPS) is 12.4. The van der Waals surface area contributed by atoms with E-state index in [1.54, 1.807) is 6.07 Å². The number of hydrogen-bond acceptors (Lipinski definition) is 3. The van der Waals surface area contributed by atoms with E-state index in [0.717, 1.165) is 25.2 Å². The summed E-state index contributed by atoms with van der Waals surface area (Å²) in [6, 6.07) is 5.00. The number of hydrogen-bond donors (Lipinski definition) is 0. The van der Waals surface area contributed by atoms with Gasteiger partial charge in [-0.05, 0) is 18.2 Å². The lowest BCUT2D eigenvalue weighted by Crippen LogP contribution is -2.27. The Kier molecular flexibility index (Phi) is 3.98. The maximum Gasteiger partial charge on any atom is 0.416 e. The van der Waals surface area contributed by atoms with Gasteiger partial charge < -0.3 is 0 Å². The monoisotopic (exact) mass is 278 g/mol. The number of nitrogens with zero attached hydrogens (tertiary/aromatic N) is 2. The van der Waals surface area contributed by atoms with E-state index in [-0.39, 0.29) is 0 Å². The van der Waals surface area contributed by atoms with Crippen molar-refractivity contribution in [1.29, 1.82) is 5.26 Å². The van der Waals surface area contributed by atoms with Crippen molar-refractivity contribution < 1.29 is 21.6 Å². The largest absolute Gasteiger partial charge is 0.416 e. The molecule has 1 aromatic rings. The van der Waals surface area contributed by atoms with Crippen LogP contribution < -0.4 is 0 Å². The fourth-order valence-corrected chi connectivity index (χ4v) is 2.31. The summed E-state index contributed by atoms with van der Waals surface area (Å²) in [6.45, 7) is -0.432. The van der Waals surface area contributed by atoms with Crippen LogP contribution in [-0.2, 0) is 16.2 Å².